The predicted molar refractivity (Wildman–Crippen MR) is 185 cm³/mol. The average molecular weight is 672 g/mol. The minimum atomic E-state index is -1.27. The summed E-state index contributed by atoms with van der Waals surface area (Å²) in [5.74, 6) is -3.44. The van der Waals surface area contributed by atoms with Crippen LogP contribution in [0.4, 0.5) is 0 Å². The van der Waals surface area contributed by atoms with Crippen LogP contribution in [0.15, 0.2) is 86.0 Å². The maximum Gasteiger partial charge on any atom is 0.313 e. The van der Waals surface area contributed by atoms with Gasteiger partial charge in [-0.3, -0.25) is 19.2 Å². The third-order valence-corrected chi connectivity index (χ3v) is 10.1. The van der Waals surface area contributed by atoms with Crippen LogP contribution in [0.1, 0.15) is 75.1 Å². The second-order valence-corrected chi connectivity index (χ2v) is 13.2. The van der Waals surface area contributed by atoms with Crippen LogP contribution in [0.3, 0.4) is 0 Å². The molecule has 3 heterocycles. The van der Waals surface area contributed by atoms with E-state index in [-0.39, 0.29) is 24.8 Å². The summed E-state index contributed by atoms with van der Waals surface area (Å²) in [4.78, 5) is 59.4. The van der Waals surface area contributed by atoms with Gasteiger partial charge in [-0.2, -0.15) is 0 Å². The number of ether oxygens (including phenoxy) is 2. The lowest BCUT2D eigenvalue weighted by atomic mass is 9.70. The van der Waals surface area contributed by atoms with Crippen molar-refractivity contribution in [2.75, 3.05) is 26.2 Å². The number of fused-ring (bicyclic) bond motifs is 1. The standard InChI is InChI=1S/C39H49N3O7/c1-4-7-15-24-41(23-6-3)37(46)35-39-22-21-30(49-39)33(34(39)36(45)42(35)29(26-43)27-16-11-9-12-17-27)38(47)48-31(28-18-13-10-14-19-28)25-40-32(44)20-8-5-2/h5-6,9-14,16-19,29-31,33-35,43H,2-4,7-8,15,20-26H2,1H3,(H,40,44)/t29-,30-,31-,33+,34+,35-,39+/m1/s1. The van der Waals surface area contributed by atoms with Crippen LogP contribution in [-0.2, 0) is 28.7 Å². The minimum absolute atomic E-state index is 0.0514. The molecule has 2 aromatic carbocycles. The van der Waals surface area contributed by atoms with Crippen LogP contribution in [0, 0.1) is 11.8 Å². The van der Waals surface area contributed by atoms with Crippen molar-refractivity contribution < 1.29 is 33.8 Å². The maximum absolute atomic E-state index is 14.8. The van der Waals surface area contributed by atoms with Gasteiger partial charge in [-0.25, -0.2) is 0 Å². The van der Waals surface area contributed by atoms with Gasteiger partial charge >= 0.3 is 5.97 Å². The van der Waals surface area contributed by atoms with Gasteiger partial charge in [-0.1, -0.05) is 92.6 Å². The number of benzene rings is 2. The lowest BCUT2D eigenvalue weighted by Crippen LogP contribution is -2.57. The smallest absolute Gasteiger partial charge is 0.313 e. The molecule has 2 aromatic rings. The van der Waals surface area contributed by atoms with Gasteiger partial charge in [0.05, 0.1) is 37.1 Å². The van der Waals surface area contributed by atoms with E-state index in [0.29, 0.717) is 43.5 Å². The van der Waals surface area contributed by atoms with Crippen molar-refractivity contribution in [3.63, 3.8) is 0 Å². The van der Waals surface area contributed by atoms with Crippen LogP contribution >= 0.6 is 0 Å². The molecule has 3 amide bonds. The number of nitrogens with one attached hydrogen (secondary N) is 1. The molecule has 3 saturated heterocycles. The Balaban J connectivity index is 1.49. The minimum Gasteiger partial charge on any atom is -0.455 e. The van der Waals surface area contributed by atoms with E-state index in [1.165, 1.54) is 4.90 Å². The van der Waals surface area contributed by atoms with Crippen LogP contribution in [0.25, 0.3) is 0 Å². The Morgan fingerprint density at radius 3 is 2.41 bits per heavy atom. The molecule has 0 aliphatic carbocycles. The van der Waals surface area contributed by atoms with Crippen LogP contribution in [-0.4, -0.2) is 82.6 Å². The van der Waals surface area contributed by atoms with Crippen molar-refractivity contribution in [2.45, 2.75) is 81.8 Å². The highest BCUT2D eigenvalue weighted by Crippen LogP contribution is 2.60. The van der Waals surface area contributed by atoms with Crippen molar-refractivity contribution in [1.29, 1.82) is 0 Å². The van der Waals surface area contributed by atoms with Crippen molar-refractivity contribution in [2.24, 2.45) is 11.8 Å². The molecule has 10 nitrogen and oxygen atoms in total. The number of amides is 3. The zero-order chi connectivity index (χ0) is 35.0. The summed E-state index contributed by atoms with van der Waals surface area (Å²) in [6, 6.07) is 16.4. The number of unbranched alkanes of at least 4 members (excludes halogenated alkanes) is 2. The number of esters is 1. The molecule has 0 unspecified atom stereocenters. The van der Waals surface area contributed by atoms with E-state index in [4.69, 9.17) is 9.47 Å². The summed E-state index contributed by atoms with van der Waals surface area (Å²) in [6.45, 7) is 10.0. The van der Waals surface area contributed by atoms with Gasteiger partial charge in [0.2, 0.25) is 17.7 Å². The fourth-order valence-corrected chi connectivity index (χ4v) is 7.82. The molecule has 10 heteroatoms. The number of aliphatic hydroxyl groups is 1. The van der Waals surface area contributed by atoms with E-state index in [1.807, 2.05) is 60.7 Å². The van der Waals surface area contributed by atoms with Gasteiger partial charge in [-0.05, 0) is 36.8 Å². The summed E-state index contributed by atoms with van der Waals surface area (Å²) in [5.41, 5.74) is 0.109. The zero-order valence-corrected chi connectivity index (χ0v) is 28.4. The molecule has 3 aliphatic rings. The summed E-state index contributed by atoms with van der Waals surface area (Å²) < 4.78 is 12.8. The molecular weight excluding hydrogens is 622 g/mol. The van der Waals surface area contributed by atoms with Crippen LogP contribution in [0.5, 0.6) is 0 Å². The number of rotatable bonds is 18. The summed E-state index contributed by atoms with van der Waals surface area (Å²) >= 11 is 0. The highest BCUT2D eigenvalue weighted by molar-refractivity contribution is 5.98. The summed E-state index contributed by atoms with van der Waals surface area (Å²) in [6.07, 6.45) is 6.29. The van der Waals surface area contributed by atoms with Gasteiger partial charge in [0, 0.05) is 19.5 Å². The fourth-order valence-electron chi connectivity index (χ4n) is 7.82. The first kappa shape index (κ1) is 36.0. The SMILES string of the molecule is C=CCCC(=O)NC[C@@H](OC(=O)[C@@H]1[C@H]2C(=O)N([C@H](CO)c3ccccc3)[C@H](C(=O)N(CC=C)CCCCC)[C@]23CC[C@H]1O3)c1ccccc1. The third-order valence-electron chi connectivity index (χ3n) is 10.1. The lowest BCUT2D eigenvalue weighted by molar-refractivity contribution is -0.161. The van der Waals surface area contributed by atoms with E-state index in [1.54, 1.807) is 17.1 Å². The van der Waals surface area contributed by atoms with Gasteiger partial charge < -0.3 is 29.7 Å². The van der Waals surface area contributed by atoms with Gasteiger partial charge in [-0.15, -0.1) is 13.2 Å². The normalized spacial score (nSPS) is 24.9. The van der Waals surface area contributed by atoms with Gasteiger partial charge in [0.15, 0.2) is 0 Å². The molecule has 1 spiro atoms. The number of carbonyl (C=O) groups excluding carboxylic acids is 4. The predicted octanol–water partition coefficient (Wildman–Crippen LogP) is 4.67. The quantitative estimate of drug-likeness (QED) is 0.134. The third kappa shape index (κ3) is 7.35. The molecule has 0 saturated carbocycles. The first-order valence-corrected chi connectivity index (χ1v) is 17.5. The molecule has 0 radical (unpaired) electrons. The topological polar surface area (TPSA) is 125 Å². The Kier molecular flexibility index (Phi) is 12.1. The van der Waals surface area contributed by atoms with E-state index in [2.05, 4.69) is 25.4 Å². The molecule has 0 aromatic heterocycles. The molecule has 7 atom stereocenters. The molecular formula is C39H49N3O7. The first-order valence-electron chi connectivity index (χ1n) is 17.5. The van der Waals surface area contributed by atoms with Gasteiger partial charge in [0.25, 0.3) is 0 Å². The van der Waals surface area contributed by atoms with E-state index in [9.17, 15) is 24.3 Å². The second-order valence-electron chi connectivity index (χ2n) is 13.2. The number of hydrogen-bond donors (Lipinski definition) is 2. The molecule has 5 rings (SSSR count). The lowest BCUT2D eigenvalue weighted by Gasteiger charge is -2.39. The van der Waals surface area contributed by atoms with E-state index in [0.717, 1.165) is 19.3 Å². The van der Waals surface area contributed by atoms with Crippen LogP contribution in [0.2, 0.25) is 0 Å². The Hall–Kier alpha value is -4.28. The monoisotopic (exact) mass is 671 g/mol. The fraction of sp³-hybridized carbons (Fsp3) is 0.487. The van der Waals surface area contributed by atoms with Crippen molar-refractivity contribution in [3.8, 4) is 0 Å². The number of aliphatic hydroxyl groups excluding tert-OH is 1. The molecule has 262 valence electrons. The largest absolute Gasteiger partial charge is 0.455 e. The molecule has 3 fully saturated rings. The Morgan fingerprint density at radius 1 is 1.08 bits per heavy atom. The van der Waals surface area contributed by atoms with Gasteiger partial charge in [0.1, 0.15) is 17.7 Å². The van der Waals surface area contributed by atoms with Crippen molar-refractivity contribution in [3.05, 3.63) is 97.1 Å². The highest BCUT2D eigenvalue weighted by atomic mass is 16.6. The van der Waals surface area contributed by atoms with Crippen LogP contribution < -0.4 is 5.32 Å². The number of carbonyl (C=O) groups is 4. The maximum atomic E-state index is 14.8. The van der Waals surface area contributed by atoms with E-state index >= 15 is 0 Å². The number of hydrogen-bond acceptors (Lipinski definition) is 7. The number of allylic oxidation sites excluding steroid dienone is 1. The molecule has 3 aliphatic heterocycles. The molecule has 2 bridgehead atoms. The summed E-state index contributed by atoms with van der Waals surface area (Å²) in [5, 5.41) is 13.6. The Labute approximate surface area is 289 Å². The second kappa shape index (κ2) is 16.4. The average Bonchev–Trinajstić information content (AvgIpc) is 3.77. The van der Waals surface area contributed by atoms with Crippen molar-refractivity contribution >= 4 is 23.7 Å². The summed E-state index contributed by atoms with van der Waals surface area (Å²) in [7, 11) is 0. The number of nitrogens with zero attached hydrogens (tertiary/aromatic N) is 2. The molecule has 2 N–H and O–H groups in total. The van der Waals surface area contributed by atoms with E-state index < -0.39 is 60.2 Å². The zero-order valence-electron chi connectivity index (χ0n) is 28.4. The number of likely N-dealkylation sites (tertiary alicyclic amines) is 1. The Bertz CT molecular complexity index is 1480. The van der Waals surface area contributed by atoms with Crippen molar-refractivity contribution in [1.82, 2.24) is 15.1 Å². The molecule has 49 heavy (non-hydrogen) atoms. The first-order chi connectivity index (χ1) is 23.8. The highest BCUT2D eigenvalue weighted by Gasteiger charge is 2.75. The Morgan fingerprint density at radius 2 is 1.78 bits per heavy atom.